The number of aromatic hydroxyl groups is 1. The Morgan fingerprint density at radius 1 is 0.973 bits per heavy atom. The van der Waals surface area contributed by atoms with Crippen LogP contribution >= 0.6 is 11.6 Å². The number of halogens is 1. The zero-order valence-corrected chi connectivity index (χ0v) is 20.9. The number of benzene rings is 4. The van der Waals surface area contributed by atoms with E-state index in [2.05, 4.69) is 27.6 Å². The fourth-order valence-electron chi connectivity index (χ4n) is 3.94. The van der Waals surface area contributed by atoms with Crippen molar-refractivity contribution in [2.75, 3.05) is 26.3 Å². The number of nitrogens with zero attached hydrogens (tertiary/aromatic N) is 2. The highest BCUT2D eigenvalue weighted by Gasteiger charge is 2.10. The number of hydrogen-bond acceptors (Lipinski definition) is 6. The van der Waals surface area contributed by atoms with E-state index < -0.39 is 5.91 Å². The summed E-state index contributed by atoms with van der Waals surface area (Å²) >= 11 is 5.88. The van der Waals surface area contributed by atoms with Gasteiger partial charge in [0.25, 0.3) is 5.91 Å². The Hall–Kier alpha value is -3.91. The number of amides is 1. The number of carbonyl (C=O) groups is 1. The second-order valence-electron chi connectivity index (χ2n) is 8.40. The van der Waals surface area contributed by atoms with Crippen LogP contribution in [0.3, 0.4) is 0 Å². The maximum atomic E-state index is 12.3. The van der Waals surface area contributed by atoms with Gasteiger partial charge in [-0.25, -0.2) is 5.43 Å². The second kappa shape index (κ2) is 12.9. The van der Waals surface area contributed by atoms with Crippen molar-refractivity contribution in [1.82, 2.24) is 10.3 Å². The van der Waals surface area contributed by atoms with Gasteiger partial charge in [-0.05, 0) is 41.3 Å². The highest BCUT2D eigenvalue weighted by molar-refractivity contribution is 6.32. The molecule has 0 aliphatic rings. The van der Waals surface area contributed by atoms with Crippen LogP contribution in [-0.4, -0.2) is 53.5 Å². The zero-order valence-electron chi connectivity index (χ0n) is 20.2. The monoisotopic (exact) mass is 517 g/mol. The van der Waals surface area contributed by atoms with E-state index in [4.69, 9.17) is 16.3 Å². The van der Waals surface area contributed by atoms with Crippen molar-refractivity contribution in [3.05, 3.63) is 107 Å². The van der Waals surface area contributed by atoms with E-state index in [1.165, 1.54) is 23.8 Å². The molecule has 0 atom stereocenters. The highest BCUT2D eigenvalue weighted by Crippen LogP contribution is 2.28. The SMILES string of the molecule is O=C(N/N=C/c1ccc(OCCN(CCO)Cc2ccccc2)c2ccccc12)c1ccc(O)c(Cl)c1. The maximum absolute atomic E-state index is 12.3. The van der Waals surface area contributed by atoms with Crippen molar-refractivity contribution in [3.8, 4) is 11.5 Å². The molecule has 4 aromatic rings. The molecule has 0 saturated heterocycles. The first-order chi connectivity index (χ1) is 18.0. The second-order valence-corrected chi connectivity index (χ2v) is 8.80. The lowest BCUT2D eigenvalue weighted by molar-refractivity contribution is 0.0955. The summed E-state index contributed by atoms with van der Waals surface area (Å²) in [6.07, 6.45) is 1.58. The molecule has 0 heterocycles. The highest BCUT2D eigenvalue weighted by atomic mass is 35.5. The number of carbonyl (C=O) groups excluding carboxylic acids is 1. The van der Waals surface area contributed by atoms with E-state index in [0.717, 1.165) is 28.6 Å². The van der Waals surface area contributed by atoms with E-state index in [0.29, 0.717) is 19.7 Å². The minimum Gasteiger partial charge on any atom is -0.506 e. The lowest BCUT2D eigenvalue weighted by atomic mass is 10.0. The molecule has 0 aliphatic heterocycles. The number of hydrazone groups is 1. The smallest absolute Gasteiger partial charge is 0.271 e. The van der Waals surface area contributed by atoms with Crippen molar-refractivity contribution in [3.63, 3.8) is 0 Å². The number of hydrogen-bond donors (Lipinski definition) is 3. The molecular formula is C29H28ClN3O4. The van der Waals surface area contributed by atoms with Crippen molar-refractivity contribution in [1.29, 1.82) is 0 Å². The minimum absolute atomic E-state index is 0.0835. The maximum Gasteiger partial charge on any atom is 0.271 e. The Morgan fingerprint density at radius 3 is 2.49 bits per heavy atom. The summed E-state index contributed by atoms with van der Waals surface area (Å²) in [7, 11) is 0. The lowest BCUT2D eigenvalue weighted by Gasteiger charge is -2.22. The van der Waals surface area contributed by atoms with Crippen LogP contribution in [0, 0.1) is 0 Å². The first-order valence-corrected chi connectivity index (χ1v) is 12.3. The molecule has 0 aromatic heterocycles. The van der Waals surface area contributed by atoms with Crippen LogP contribution in [0.4, 0.5) is 0 Å². The number of aliphatic hydroxyl groups excluding tert-OH is 1. The van der Waals surface area contributed by atoms with Gasteiger partial charge in [-0.2, -0.15) is 5.10 Å². The van der Waals surface area contributed by atoms with E-state index in [9.17, 15) is 15.0 Å². The predicted octanol–water partition coefficient (Wildman–Crippen LogP) is 4.84. The molecule has 0 saturated carbocycles. The molecule has 190 valence electrons. The Labute approximate surface area is 220 Å². The topological polar surface area (TPSA) is 94.4 Å². The molecule has 0 bridgehead atoms. The average molecular weight is 518 g/mol. The summed E-state index contributed by atoms with van der Waals surface area (Å²) in [5.41, 5.74) is 4.78. The fourth-order valence-corrected chi connectivity index (χ4v) is 4.12. The Balaban J connectivity index is 1.41. The summed E-state index contributed by atoms with van der Waals surface area (Å²) in [6.45, 7) is 2.52. The molecular weight excluding hydrogens is 490 g/mol. The molecule has 1 amide bonds. The molecule has 0 fully saturated rings. The predicted molar refractivity (Wildman–Crippen MR) is 146 cm³/mol. The molecule has 3 N–H and O–H groups in total. The van der Waals surface area contributed by atoms with E-state index in [1.807, 2.05) is 54.6 Å². The third kappa shape index (κ3) is 7.07. The van der Waals surface area contributed by atoms with Crippen LogP contribution in [0.2, 0.25) is 5.02 Å². The van der Waals surface area contributed by atoms with E-state index in [-0.39, 0.29) is 22.9 Å². The van der Waals surface area contributed by atoms with Crippen molar-refractivity contribution in [2.24, 2.45) is 5.10 Å². The quantitative estimate of drug-likeness (QED) is 0.195. The molecule has 37 heavy (non-hydrogen) atoms. The molecule has 0 unspecified atom stereocenters. The summed E-state index contributed by atoms with van der Waals surface area (Å²) in [5.74, 6) is 0.220. The minimum atomic E-state index is -0.439. The van der Waals surface area contributed by atoms with Gasteiger partial charge < -0.3 is 14.9 Å². The summed E-state index contributed by atoms with van der Waals surface area (Å²) in [5, 5.41) is 25.0. The number of ether oxygens (including phenoxy) is 1. The number of aliphatic hydroxyl groups is 1. The van der Waals surface area contributed by atoms with Gasteiger partial charge in [0.2, 0.25) is 0 Å². The Bertz CT molecular complexity index is 1380. The van der Waals surface area contributed by atoms with Crippen molar-refractivity contribution < 1.29 is 19.7 Å². The van der Waals surface area contributed by atoms with Gasteiger partial charge in [0.15, 0.2) is 0 Å². The molecule has 0 spiro atoms. The van der Waals surface area contributed by atoms with Crippen LogP contribution < -0.4 is 10.2 Å². The third-order valence-corrected chi connectivity index (χ3v) is 6.13. The number of nitrogens with one attached hydrogen (secondary N) is 1. The number of phenolic OH excluding ortho intramolecular Hbond substituents is 1. The molecule has 4 aromatic carbocycles. The van der Waals surface area contributed by atoms with Gasteiger partial charge in [0, 0.05) is 36.1 Å². The van der Waals surface area contributed by atoms with Gasteiger partial charge in [0.05, 0.1) is 17.8 Å². The normalized spacial score (nSPS) is 11.3. The number of fused-ring (bicyclic) bond motifs is 1. The third-order valence-electron chi connectivity index (χ3n) is 5.83. The number of phenols is 1. The van der Waals surface area contributed by atoms with Crippen LogP contribution in [0.1, 0.15) is 21.5 Å². The zero-order chi connectivity index (χ0) is 26.0. The molecule has 4 rings (SSSR count). The van der Waals surface area contributed by atoms with Crippen LogP contribution in [0.25, 0.3) is 10.8 Å². The summed E-state index contributed by atoms with van der Waals surface area (Å²) < 4.78 is 6.14. The molecule has 8 heteroatoms. The van der Waals surface area contributed by atoms with E-state index >= 15 is 0 Å². The van der Waals surface area contributed by atoms with Gasteiger partial charge in [-0.1, -0.05) is 66.2 Å². The van der Waals surface area contributed by atoms with Crippen LogP contribution in [0.15, 0.2) is 90.0 Å². The van der Waals surface area contributed by atoms with Crippen molar-refractivity contribution >= 4 is 34.5 Å². The number of rotatable bonds is 11. The van der Waals surface area contributed by atoms with Gasteiger partial charge in [-0.3, -0.25) is 9.69 Å². The van der Waals surface area contributed by atoms with Crippen molar-refractivity contribution in [2.45, 2.75) is 6.54 Å². The van der Waals surface area contributed by atoms with Gasteiger partial charge in [-0.15, -0.1) is 0 Å². The largest absolute Gasteiger partial charge is 0.506 e. The van der Waals surface area contributed by atoms with Gasteiger partial charge in [0.1, 0.15) is 18.1 Å². The standard InChI is InChI=1S/C29H28ClN3O4/c30-26-18-22(10-12-27(26)35)29(36)32-31-19-23-11-13-28(25-9-5-4-8-24(23)25)37-17-15-33(14-16-34)20-21-6-2-1-3-7-21/h1-13,18-19,34-35H,14-17,20H2,(H,32,36)/b31-19+. The lowest BCUT2D eigenvalue weighted by Crippen LogP contribution is -2.30. The Morgan fingerprint density at radius 2 is 1.73 bits per heavy atom. The summed E-state index contributed by atoms with van der Waals surface area (Å²) in [6, 6.07) is 26.0. The first-order valence-electron chi connectivity index (χ1n) is 11.9. The van der Waals surface area contributed by atoms with Crippen LogP contribution in [-0.2, 0) is 6.54 Å². The fraction of sp³-hybridized carbons (Fsp3) is 0.172. The van der Waals surface area contributed by atoms with E-state index in [1.54, 1.807) is 6.21 Å². The Kier molecular flexibility index (Phi) is 9.10. The molecule has 0 aliphatic carbocycles. The summed E-state index contributed by atoms with van der Waals surface area (Å²) in [4.78, 5) is 14.5. The average Bonchev–Trinajstić information content (AvgIpc) is 2.91. The molecule has 0 radical (unpaired) electrons. The molecule has 7 nitrogen and oxygen atoms in total. The van der Waals surface area contributed by atoms with Crippen LogP contribution in [0.5, 0.6) is 11.5 Å². The first kappa shape index (κ1) is 26.2. The van der Waals surface area contributed by atoms with Gasteiger partial charge >= 0.3 is 0 Å².